The van der Waals surface area contributed by atoms with Gasteiger partial charge in [-0.25, -0.2) is 38.8 Å². The first-order valence-corrected chi connectivity index (χ1v) is 36.2. The summed E-state index contributed by atoms with van der Waals surface area (Å²) in [6.45, 7) is 16.5. The van der Waals surface area contributed by atoms with Gasteiger partial charge in [0, 0.05) is 4.08 Å². The van der Waals surface area contributed by atoms with E-state index in [1.807, 2.05) is 241 Å². The van der Waals surface area contributed by atoms with Crippen molar-refractivity contribution in [3.05, 3.63) is 310 Å². The zero-order valence-electron chi connectivity index (χ0n) is 61.3. The Balaban J connectivity index is 0.000000231. The van der Waals surface area contributed by atoms with E-state index in [0.29, 0.717) is 34.8 Å². The lowest BCUT2D eigenvalue weighted by Gasteiger charge is -2.27. The number of guanidine groups is 2. The molecule has 10 aromatic rings. The summed E-state index contributed by atoms with van der Waals surface area (Å²) in [7, 11) is 0. The number of ether oxygens (including phenoxy) is 6. The highest BCUT2D eigenvalue weighted by Gasteiger charge is 2.33. The fraction of sp³-hybridized carbons (Fsp3) is 0.195. The van der Waals surface area contributed by atoms with E-state index in [4.69, 9.17) is 34.2 Å². The fourth-order valence-electron chi connectivity index (χ4n) is 11.6. The van der Waals surface area contributed by atoms with Gasteiger partial charge in [0.2, 0.25) is 11.9 Å². The number of nitrogens with zero attached hydrogens (tertiary/aromatic N) is 2. The summed E-state index contributed by atoms with van der Waals surface area (Å²) >= 11 is 2.02. The number of morpholine rings is 1. The minimum Gasteiger partial charge on any atom is -0.465 e. The van der Waals surface area contributed by atoms with Crippen molar-refractivity contribution >= 4 is 82.2 Å². The van der Waals surface area contributed by atoms with Gasteiger partial charge in [-0.1, -0.05) is 243 Å². The van der Waals surface area contributed by atoms with E-state index in [9.17, 15) is 28.8 Å². The zero-order chi connectivity index (χ0) is 77.0. The number of carbonyl (C=O) groups excluding carboxylic acids is 6. The van der Waals surface area contributed by atoms with E-state index in [0.717, 1.165) is 66.8 Å². The predicted octanol–water partition coefficient (Wildman–Crippen LogP) is 18.7. The number of aliphatic imine (C=N–C) groups is 2. The first kappa shape index (κ1) is 78.5. The molecule has 552 valence electrons. The number of cyclic esters (lactones) is 1. The second-order valence-electron chi connectivity index (χ2n) is 27.0. The van der Waals surface area contributed by atoms with Crippen molar-refractivity contribution in [2.75, 3.05) is 13.2 Å². The van der Waals surface area contributed by atoms with Gasteiger partial charge in [0.15, 0.2) is 0 Å². The van der Waals surface area contributed by atoms with Gasteiger partial charge in [0.05, 0.1) is 24.5 Å². The molecule has 21 heteroatoms. The largest absolute Gasteiger partial charge is 0.465 e. The van der Waals surface area contributed by atoms with E-state index in [1.165, 1.54) is 0 Å². The van der Waals surface area contributed by atoms with Gasteiger partial charge in [-0.05, 0) is 187 Å². The van der Waals surface area contributed by atoms with Gasteiger partial charge in [0.1, 0.15) is 40.2 Å². The molecule has 0 bridgehead atoms. The molecule has 1 heterocycles. The molecule has 0 spiro atoms. The summed E-state index contributed by atoms with van der Waals surface area (Å²) < 4.78 is 35.6. The number of nitrogens with one attached hydrogen (secondary N) is 5. The topological polar surface area (TPSA) is 269 Å². The lowest BCUT2D eigenvalue weighted by atomic mass is 9.95. The molecule has 0 saturated carbocycles. The van der Waals surface area contributed by atoms with Gasteiger partial charge in [-0.2, -0.15) is 0 Å². The summed E-state index contributed by atoms with van der Waals surface area (Å²) in [6, 6.07) is 82.3. The molecule has 0 aromatic heterocycles. The standard InChI is InChI=1S/C44H41IN4O6.C43H44N4O6/c1-43(2,34-21-15-31(16-22-34)29-11-7-5-8-12-29)54-41(51)48-40(47-36-25-19-33(20-26-36)38-39(50)53-37(27-45)28-46-38)49-42(52)55-44(3,4)35-23-17-32(18-24-35)30-13-9-6-10-14-30;1-6-51-38(48)37(44)33-21-27-36(28-22-33)45-39(46-40(49)52-42(2,3)34-23-17-31(18-24-34)29-13-9-7-10-14-29)47-41(50)53-43(4,5)35-25-19-32(20-26-35)30-15-11-8-12-16-30/h5-27,38,46H,28H2,1-4H3,(H2,47,48,49,51,52);7-28,37H,6,44H2,1-5H3,(H2,45,46,47,49,50)/b37-27+;. The van der Waals surface area contributed by atoms with Gasteiger partial charge in [0.25, 0.3) is 0 Å². The lowest BCUT2D eigenvalue weighted by Crippen LogP contribution is -2.47. The van der Waals surface area contributed by atoms with Gasteiger partial charge >= 0.3 is 36.3 Å². The molecule has 108 heavy (non-hydrogen) atoms. The molecular weight excluding hydrogens is 1480 g/mol. The summed E-state index contributed by atoms with van der Waals surface area (Å²) in [5, 5.41) is 13.5. The monoisotopic (exact) mass is 1560 g/mol. The van der Waals surface area contributed by atoms with Crippen molar-refractivity contribution in [2.45, 2.75) is 96.8 Å². The van der Waals surface area contributed by atoms with Crippen LogP contribution in [0.3, 0.4) is 0 Å². The minimum absolute atomic E-state index is 0.202. The number of rotatable bonds is 18. The molecule has 11 rings (SSSR count). The highest BCUT2D eigenvalue weighted by atomic mass is 127. The minimum atomic E-state index is -1.05. The van der Waals surface area contributed by atoms with E-state index in [1.54, 1.807) is 115 Å². The van der Waals surface area contributed by atoms with E-state index in [-0.39, 0.29) is 18.5 Å². The second-order valence-corrected chi connectivity index (χ2v) is 27.6. The molecule has 0 aliphatic carbocycles. The number of hydrogen-bond acceptors (Lipinski definition) is 16. The lowest BCUT2D eigenvalue weighted by molar-refractivity contribution is -0.145. The maximum absolute atomic E-state index is 13.4. The third kappa shape index (κ3) is 21.6. The summed E-state index contributed by atoms with van der Waals surface area (Å²) in [5.74, 6) is -0.904. The normalized spacial score (nSPS) is 13.5. The number of amides is 4. The van der Waals surface area contributed by atoms with Gasteiger partial charge in [-0.3, -0.25) is 26.6 Å². The molecule has 1 saturated heterocycles. The highest BCUT2D eigenvalue weighted by molar-refractivity contribution is 14.1. The van der Waals surface area contributed by atoms with Crippen LogP contribution in [-0.2, 0) is 60.4 Å². The van der Waals surface area contributed by atoms with Crippen molar-refractivity contribution in [3.63, 3.8) is 0 Å². The van der Waals surface area contributed by atoms with Gasteiger partial charge < -0.3 is 34.2 Å². The Bertz CT molecular complexity index is 4610. The maximum atomic E-state index is 13.4. The molecule has 0 radical (unpaired) electrons. The molecule has 2 atom stereocenters. The molecule has 7 N–H and O–H groups in total. The first-order chi connectivity index (χ1) is 51.7. The van der Waals surface area contributed by atoms with Crippen molar-refractivity contribution in [1.82, 2.24) is 26.6 Å². The SMILES string of the molecule is CC(C)(OC(=O)NC(=Nc1ccc(C2NC/C(=C\I)OC2=O)cc1)NC(=O)OC(C)(C)c1ccc(-c2ccccc2)cc1)c1ccc(-c2ccccc2)cc1.CCOC(=O)C(N)c1ccc(N=C(NC(=O)OC(C)(C)c2ccc(-c3ccccc3)cc2)NC(=O)OC(C)(C)c2ccc(-c3ccccc3)cc2)cc1. The van der Waals surface area contributed by atoms with E-state index >= 15 is 0 Å². The van der Waals surface area contributed by atoms with Crippen LogP contribution in [0.5, 0.6) is 0 Å². The van der Waals surface area contributed by atoms with Gasteiger partial charge in [-0.15, -0.1) is 0 Å². The maximum Gasteiger partial charge on any atom is 0.414 e. The summed E-state index contributed by atoms with van der Waals surface area (Å²) in [5.41, 5.74) is 15.1. The molecule has 1 aliphatic rings. The average Bonchev–Trinajstić information content (AvgIpc) is 0.839. The van der Waals surface area contributed by atoms with Crippen LogP contribution in [0.25, 0.3) is 44.5 Å². The van der Waals surface area contributed by atoms with Crippen LogP contribution in [0.4, 0.5) is 30.6 Å². The van der Waals surface area contributed by atoms with E-state index in [2.05, 4.69) is 36.6 Å². The average molecular weight is 1560 g/mol. The molecule has 4 amide bonds. The Kier molecular flexibility index (Phi) is 26.1. The molecule has 1 fully saturated rings. The smallest absolute Gasteiger partial charge is 0.414 e. The van der Waals surface area contributed by atoms with Crippen LogP contribution < -0.4 is 32.3 Å². The van der Waals surface area contributed by atoms with Crippen molar-refractivity contribution in [2.24, 2.45) is 15.7 Å². The van der Waals surface area contributed by atoms with Crippen LogP contribution >= 0.6 is 22.6 Å². The number of nitrogens with two attached hydrogens (primary N) is 1. The number of esters is 2. The van der Waals surface area contributed by atoms with Crippen LogP contribution in [0, 0.1) is 0 Å². The van der Waals surface area contributed by atoms with E-state index < -0.39 is 70.8 Å². The number of halogens is 1. The summed E-state index contributed by atoms with van der Waals surface area (Å²) in [4.78, 5) is 87.3. The number of benzene rings is 10. The second kappa shape index (κ2) is 35.8. The predicted molar refractivity (Wildman–Crippen MR) is 428 cm³/mol. The van der Waals surface area contributed by atoms with Crippen LogP contribution in [0.2, 0.25) is 0 Å². The Morgan fingerprint density at radius 1 is 0.444 bits per heavy atom. The van der Waals surface area contributed by atoms with Crippen LogP contribution in [0.15, 0.2) is 287 Å². The number of alkyl carbamates (subject to hydrolysis) is 4. The third-order valence-electron chi connectivity index (χ3n) is 17.6. The first-order valence-electron chi connectivity index (χ1n) is 34.9. The Labute approximate surface area is 642 Å². The van der Waals surface area contributed by atoms with Crippen LogP contribution in [-0.4, -0.2) is 61.4 Å². The number of hydrogen-bond donors (Lipinski definition) is 6. The molecule has 2 unspecified atom stereocenters. The Hall–Kier alpha value is -12.1. The van der Waals surface area contributed by atoms with Crippen molar-refractivity contribution < 1.29 is 57.2 Å². The Morgan fingerprint density at radius 3 is 0.991 bits per heavy atom. The molecular formula is C87H85IN8O12. The fourth-order valence-corrected chi connectivity index (χ4v) is 11.9. The zero-order valence-corrected chi connectivity index (χ0v) is 63.5. The molecule has 10 aromatic carbocycles. The molecule has 1 aliphatic heterocycles. The molecule has 20 nitrogen and oxygen atoms in total. The third-order valence-corrected chi connectivity index (χ3v) is 18.3. The van der Waals surface area contributed by atoms with Crippen molar-refractivity contribution in [1.29, 1.82) is 0 Å². The Morgan fingerprint density at radius 2 is 0.722 bits per heavy atom. The van der Waals surface area contributed by atoms with Crippen molar-refractivity contribution in [3.8, 4) is 44.5 Å². The quantitative estimate of drug-likeness (QED) is 0.0153. The summed E-state index contributed by atoms with van der Waals surface area (Å²) in [6.07, 6.45) is -3.43. The van der Waals surface area contributed by atoms with Crippen LogP contribution in [0.1, 0.15) is 108 Å². The highest BCUT2D eigenvalue weighted by Crippen LogP contribution is 2.34. The number of carbonyl (C=O) groups is 6.